The number of nitrogens with one attached hydrogen (secondary N) is 4. The van der Waals surface area contributed by atoms with Crippen LogP contribution in [0, 0.1) is 0 Å². The van der Waals surface area contributed by atoms with E-state index in [-0.39, 0.29) is 6.29 Å². The van der Waals surface area contributed by atoms with E-state index in [0.29, 0.717) is 5.11 Å². The molecule has 2 rings (SSSR count). The van der Waals surface area contributed by atoms with Crippen LogP contribution in [0.1, 0.15) is 12.5 Å². The number of methoxy groups -OCH3 is 1. The van der Waals surface area contributed by atoms with E-state index in [4.69, 9.17) is 17.0 Å². The van der Waals surface area contributed by atoms with Crippen molar-refractivity contribution in [3.05, 3.63) is 29.8 Å². The van der Waals surface area contributed by atoms with E-state index in [9.17, 15) is 0 Å². The predicted octanol–water partition coefficient (Wildman–Crippen LogP) is 0.275. The Balaban J connectivity index is 1.96. The second-order valence-electron chi connectivity index (χ2n) is 3.73. The molecule has 0 saturated carbocycles. The first-order valence-electron chi connectivity index (χ1n) is 5.45. The second kappa shape index (κ2) is 5.65. The Labute approximate surface area is 111 Å². The van der Waals surface area contributed by atoms with Crippen LogP contribution in [0.3, 0.4) is 0 Å². The van der Waals surface area contributed by atoms with Gasteiger partial charge in [-0.2, -0.15) is 10.5 Å². The first-order chi connectivity index (χ1) is 8.69. The summed E-state index contributed by atoms with van der Waals surface area (Å²) < 4.78 is 5.10. The average molecular weight is 265 g/mol. The molecule has 6 nitrogen and oxygen atoms in total. The minimum Gasteiger partial charge on any atom is -0.497 e. The lowest BCUT2D eigenvalue weighted by Crippen LogP contribution is -2.44. The lowest BCUT2D eigenvalue weighted by atomic mass is 10.1. The molecular formula is C11H15N5OS. The highest BCUT2D eigenvalue weighted by molar-refractivity contribution is 7.80. The monoisotopic (exact) mass is 265 g/mol. The van der Waals surface area contributed by atoms with Gasteiger partial charge in [0.05, 0.1) is 12.8 Å². The van der Waals surface area contributed by atoms with Gasteiger partial charge in [0.1, 0.15) is 5.75 Å². The highest BCUT2D eigenvalue weighted by Gasteiger charge is 2.14. The van der Waals surface area contributed by atoms with Crippen LogP contribution in [0.25, 0.3) is 0 Å². The minimum atomic E-state index is -0.203. The fourth-order valence-corrected chi connectivity index (χ4v) is 1.64. The van der Waals surface area contributed by atoms with Crippen molar-refractivity contribution < 1.29 is 4.74 Å². The van der Waals surface area contributed by atoms with Gasteiger partial charge in [-0.3, -0.25) is 10.9 Å². The molecule has 1 aromatic carbocycles. The molecule has 96 valence electrons. The van der Waals surface area contributed by atoms with Crippen molar-refractivity contribution in [1.82, 2.24) is 21.6 Å². The molecule has 1 fully saturated rings. The number of hydrazone groups is 1. The van der Waals surface area contributed by atoms with Gasteiger partial charge in [-0.1, -0.05) is 0 Å². The standard InChI is InChI=1S/C11H15N5OS/c1-7(8-3-5-9(17-2)6-4-8)13-14-10-12-11(18)16-15-10/h3-6,10,14-15H,1-2H3,(H2,12,16,18)/b13-7+. The summed E-state index contributed by atoms with van der Waals surface area (Å²) in [5.41, 5.74) is 10.5. The van der Waals surface area contributed by atoms with Gasteiger partial charge in [-0.15, -0.1) is 0 Å². The summed E-state index contributed by atoms with van der Waals surface area (Å²) in [4.78, 5) is 0. The molecule has 0 spiro atoms. The summed E-state index contributed by atoms with van der Waals surface area (Å²) in [6.45, 7) is 1.93. The van der Waals surface area contributed by atoms with Gasteiger partial charge < -0.3 is 10.1 Å². The van der Waals surface area contributed by atoms with Crippen molar-refractivity contribution >= 4 is 23.0 Å². The lowest BCUT2D eigenvalue weighted by Gasteiger charge is -2.10. The molecule has 1 atom stereocenters. The van der Waals surface area contributed by atoms with E-state index in [1.54, 1.807) is 7.11 Å². The summed E-state index contributed by atoms with van der Waals surface area (Å²) in [7, 11) is 1.64. The van der Waals surface area contributed by atoms with Crippen molar-refractivity contribution in [2.75, 3.05) is 7.11 Å². The van der Waals surface area contributed by atoms with Gasteiger partial charge in [0.2, 0.25) is 0 Å². The van der Waals surface area contributed by atoms with Crippen LogP contribution in [0.4, 0.5) is 0 Å². The molecule has 0 aliphatic carbocycles. The number of hydrazine groups is 1. The van der Waals surface area contributed by atoms with Crippen LogP contribution in [-0.4, -0.2) is 24.2 Å². The van der Waals surface area contributed by atoms with E-state index in [1.165, 1.54) is 0 Å². The number of benzene rings is 1. The van der Waals surface area contributed by atoms with E-state index >= 15 is 0 Å². The molecule has 1 aliphatic rings. The van der Waals surface area contributed by atoms with Gasteiger partial charge in [0.25, 0.3) is 0 Å². The summed E-state index contributed by atoms with van der Waals surface area (Å²) in [5, 5.41) is 7.76. The number of hydrogen-bond acceptors (Lipinski definition) is 5. The maximum atomic E-state index is 5.10. The lowest BCUT2D eigenvalue weighted by molar-refractivity contribution is 0.415. The number of thiocarbonyl (C=S) groups is 1. The van der Waals surface area contributed by atoms with Crippen molar-refractivity contribution in [2.24, 2.45) is 5.10 Å². The first-order valence-corrected chi connectivity index (χ1v) is 5.86. The fourth-order valence-electron chi connectivity index (χ4n) is 1.46. The second-order valence-corrected chi connectivity index (χ2v) is 4.14. The number of nitrogens with zero attached hydrogens (tertiary/aromatic N) is 1. The van der Waals surface area contributed by atoms with Gasteiger partial charge in [0, 0.05) is 0 Å². The molecule has 7 heteroatoms. The van der Waals surface area contributed by atoms with Crippen LogP contribution in [0.5, 0.6) is 5.75 Å². The average Bonchev–Trinajstić information content (AvgIpc) is 2.82. The molecule has 0 aromatic heterocycles. The van der Waals surface area contributed by atoms with Crippen molar-refractivity contribution in [2.45, 2.75) is 13.2 Å². The zero-order chi connectivity index (χ0) is 13.0. The zero-order valence-corrected chi connectivity index (χ0v) is 11.0. The third-order valence-corrected chi connectivity index (χ3v) is 2.69. The quantitative estimate of drug-likeness (QED) is 0.356. The molecule has 18 heavy (non-hydrogen) atoms. The number of rotatable bonds is 4. The smallest absolute Gasteiger partial charge is 0.186 e. The van der Waals surface area contributed by atoms with Crippen LogP contribution in [0.15, 0.2) is 29.4 Å². The normalized spacial score (nSPS) is 19.1. The molecular weight excluding hydrogens is 250 g/mol. The maximum absolute atomic E-state index is 5.10. The van der Waals surface area contributed by atoms with Crippen molar-refractivity contribution in [1.29, 1.82) is 0 Å². The number of hydrogen-bond donors (Lipinski definition) is 4. The Bertz CT molecular complexity index is 459. The first kappa shape index (κ1) is 12.6. The van der Waals surface area contributed by atoms with Gasteiger partial charge in [-0.25, -0.2) is 0 Å². The molecule has 1 saturated heterocycles. The molecule has 1 unspecified atom stereocenters. The number of ether oxygens (including phenoxy) is 1. The van der Waals surface area contributed by atoms with Gasteiger partial charge in [-0.05, 0) is 49.0 Å². The molecule has 1 heterocycles. The minimum absolute atomic E-state index is 0.203. The van der Waals surface area contributed by atoms with Crippen LogP contribution < -0.4 is 26.3 Å². The summed E-state index contributed by atoms with van der Waals surface area (Å²) in [5.74, 6) is 0.827. The maximum Gasteiger partial charge on any atom is 0.186 e. The largest absolute Gasteiger partial charge is 0.497 e. The van der Waals surface area contributed by atoms with Crippen molar-refractivity contribution in [3.8, 4) is 5.75 Å². The third-order valence-electron chi connectivity index (χ3n) is 2.47. The fraction of sp³-hybridized carbons (Fsp3) is 0.273. The molecule has 1 aromatic rings. The Morgan fingerprint density at radius 1 is 1.39 bits per heavy atom. The molecule has 0 radical (unpaired) electrons. The predicted molar refractivity (Wildman–Crippen MR) is 74.1 cm³/mol. The molecule has 1 aliphatic heterocycles. The highest BCUT2D eigenvalue weighted by Crippen LogP contribution is 2.11. The molecule has 0 bridgehead atoms. The van der Waals surface area contributed by atoms with Crippen LogP contribution in [0.2, 0.25) is 0 Å². The Hall–Kier alpha value is -1.86. The van der Waals surface area contributed by atoms with E-state index in [0.717, 1.165) is 17.0 Å². The molecule has 0 amide bonds. The van der Waals surface area contributed by atoms with Crippen molar-refractivity contribution in [3.63, 3.8) is 0 Å². The van der Waals surface area contributed by atoms with E-state index < -0.39 is 0 Å². The van der Waals surface area contributed by atoms with Crippen LogP contribution >= 0.6 is 12.2 Å². The van der Waals surface area contributed by atoms with Gasteiger partial charge in [0.15, 0.2) is 11.4 Å². The summed E-state index contributed by atoms with van der Waals surface area (Å²) in [6, 6.07) is 7.71. The van der Waals surface area contributed by atoms with Gasteiger partial charge >= 0.3 is 0 Å². The third kappa shape index (κ3) is 3.08. The topological polar surface area (TPSA) is 69.7 Å². The highest BCUT2D eigenvalue weighted by atomic mass is 32.1. The zero-order valence-electron chi connectivity index (χ0n) is 10.2. The Morgan fingerprint density at radius 2 is 2.11 bits per heavy atom. The van der Waals surface area contributed by atoms with Crippen LogP contribution in [-0.2, 0) is 0 Å². The Morgan fingerprint density at radius 3 is 2.67 bits per heavy atom. The molecule has 4 N–H and O–H groups in total. The summed E-state index contributed by atoms with van der Waals surface area (Å²) in [6.07, 6.45) is -0.203. The van der Waals surface area contributed by atoms with E-state index in [1.807, 2.05) is 31.2 Å². The SMILES string of the molecule is COc1ccc(/C(C)=N/NC2NNC(=S)N2)cc1. The van der Waals surface area contributed by atoms with E-state index in [2.05, 4.69) is 26.7 Å². The Kier molecular flexibility index (Phi) is 3.96. The summed E-state index contributed by atoms with van der Waals surface area (Å²) >= 11 is 4.91.